The van der Waals surface area contributed by atoms with Crippen LogP contribution in [0.4, 0.5) is 5.82 Å². The van der Waals surface area contributed by atoms with Crippen LogP contribution in [0.2, 0.25) is 0 Å². The molecule has 0 atom stereocenters. The van der Waals surface area contributed by atoms with Crippen molar-refractivity contribution in [3.05, 3.63) is 35.3 Å². The summed E-state index contributed by atoms with van der Waals surface area (Å²) in [6, 6.07) is 1.82. The predicted octanol–water partition coefficient (Wildman–Crippen LogP) is 2.60. The third kappa shape index (κ3) is 1.87. The quantitative estimate of drug-likeness (QED) is 0.769. The molecule has 0 fully saturated rings. The second-order valence-corrected chi connectivity index (χ2v) is 4.54. The SMILES string of the molecule is Cc1csc2c(NCc3ccon3)ncnc12. The van der Waals surface area contributed by atoms with Crippen LogP contribution in [-0.2, 0) is 6.54 Å². The smallest absolute Gasteiger partial charge is 0.147 e. The molecule has 3 aromatic heterocycles. The average molecular weight is 246 g/mol. The van der Waals surface area contributed by atoms with Crippen molar-refractivity contribution < 1.29 is 4.52 Å². The van der Waals surface area contributed by atoms with E-state index in [2.05, 4.69) is 25.8 Å². The Bertz CT molecular complexity index is 632. The molecular formula is C11H10N4OS. The lowest BCUT2D eigenvalue weighted by atomic mass is 10.3. The van der Waals surface area contributed by atoms with Gasteiger partial charge in [0.25, 0.3) is 0 Å². The fourth-order valence-electron chi connectivity index (χ4n) is 1.60. The van der Waals surface area contributed by atoms with Gasteiger partial charge in [-0.1, -0.05) is 5.16 Å². The minimum atomic E-state index is 0.597. The van der Waals surface area contributed by atoms with Gasteiger partial charge in [-0.3, -0.25) is 0 Å². The van der Waals surface area contributed by atoms with Crippen LogP contribution in [0.1, 0.15) is 11.3 Å². The highest BCUT2D eigenvalue weighted by Crippen LogP contribution is 2.28. The number of fused-ring (bicyclic) bond motifs is 1. The van der Waals surface area contributed by atoms with Crippen molar-refractivity contribution >= 4 is 27.4 Å². The summed E-state index contributed by atoms with van der Waals surface area (Å²) < 4.78 is 5.85. The van der Waals surface area contributed by atoms with Crippen LogP contribution in [-0.4, -0.2) is 15.1 Å². The second kappa shape index (κ2) is 4.14. The van der Waals surface area contributed by atoms with Gasteiger partial charge in [0.1, 0.15) is 24.1 Å². The van der Waals surface area contributed by atoms with Crippen molar-refractivity contribution in [3.8, 4) is 0 Å². The zero-order chi connectivity index (χ0) is 11.7. The minimum absolute atomic E-state index is 0.597. The van der Waals surface area contributed by atoms with E-state index in [1.165, 1.54) is 5.56 Å². The molecule has 0 saturated heterocycles. The van der Waals surface area contributed by atoms with Gasteiger partial charge in [-0.05, 0) is 17.9 Å². The molecule has 3 heterocycles. The summed E-state index contributed by atoms with van der Waals surface area (Å²) in [6.07, 6.45) is 3.13. The first-order valence-electron chi connectivity index (χ1n) is 5.16. The van der Waals surface area contributed by atoms with Gasteiger partial charge >= 0.3 is 0 Å². The maximum Gasteiger partial charge on any atom is 0.147 e. The number of anilines is 1. The van der Waals surface area contributed by atoms with E-state index < -0.39 is 0 Å². The number of aromatic nitrogens is 3. The Morgan fingerprint density at radius 2 is 2.35 bits per heavy atom. The van der Waals surface area contributed by atoms with Gasteiger partial charge < -0.3 is 9.84 Å². The van der Waals surface area contributed by atoms with E-state index in [0.29, 0.717) is 6.54 Å². The maximum absolute atomic E-state index is 4.77. The van der Waals surface area contributed by atoms with Gasteiger partial charge in [0.15, 0.2) is 0 Å². The number of nitrogens with one attached hydrogen (secondary N) is 1. The van der Waals surface area contributed by atoms with E-state index in [1.54, 1.807) is 23.9 Å². The molecular weight excluding hydrogens is 236 g/mol. The molecule has 0 aromatic carbocycles. The fraction of sp³-hybridized carbons (Fsp3) is 0.182. The van der Waals surface area contributed by atoms with Gasteiger partial charge in [0.2, 0.25) is 0 Å². The second-order valence-electron chi connectivity index (χ2n) is 3.66. The number of nitrogens with zero attached hydrogens (tertiary/aromatic N) is 3. The third-order valence-electron chi connectivity index (χ3n) is 2.46. The largest absolute Gasteiger partial charge is 0.364 e. The number of hydrogen-bond acceptors (Lipinski definition) is 6. The molecule has 0 saturated carbocycles. The lowest BCUT2D eigenvalue weighted by Crippen LogP contribution is -2.01. The molecule has 3 aromatic rings. The number of hydrogen-bond donors (Lipinski definition) is 1. The molecule has 0 amide bonds. The van der Waals surface area contributed by atoms with E-state index in [1.807, 2.05) is 13.0 Å². The molecule has 6 heteroatoms. The first kappa shape index (κ1) is 10.2. The van der Waals surface area contributed by atoms with Crippen molar-refractivity contribution in [2.24, 2.45) is 0 Å². The first-order valence-corrected chi connectivity index (χ1v) is 6.04. The third-order valence-corrected chi connectivity index (χ3v) is 3.55. The highest BCUT2D eigenvalue weighted by molar-refractivity contribution is 7.17. The Morgan fingerprint density at radius 3 is 3.18 bits per heavy atom. The summed E-state index contributed by atoms with van der Waals surface area (Å²) in [6.45, 7) is 2.65. The molecule has 17 heavy (non-hydrogen) atoms. The first-order chi connectivity index (χ1) is 8.34. The Balaban J connectivity index is 1.90. The van der Waals surface area contributed by atoms with E-state index in [4.69, 9.17) is 4.52 Å². The molecule has 3 rings (SSSR count). The molecule has 0 aliphatic heterocycles. The normalized spacial score (nSPS) is 10.9. The molecule has 0 spiro atoms. The highest BCUT2D eigenvalue weighted by atomic mass is 32.1. The van der Waals surface area contributed by atoms with Gasteiger partial charge in [-0.25, -0.2) is 9.97 Å². The van der Waals surface area contributed by atoms with Crippen LogP contribution >= 0.6 is 11.3 Å². The molecule has 86 valence electrons. The average Bonchev–Trinajstić information content (AvgIpc) is 2.97. The summed E-state index contributed by atoms with van der Waals surface area (Å²) in [5.74, 6) is 0.844. The zero-order valence-electron chi connectivity index (χ0n) is 9.17. The Kier molecular flexibility index (Phi) is 2.49. The van der Waals surface area contributed by atoms with Gasteiger partial charge in [-0.15, -0.1) is 11.3 Å². The Hall–Kier alpha value is -1.95. The van der Waals surface area contributed by atoms with Crippen molar-refractivity contribution in [2.45, 2.75) is 13.5 Å². The Morgan fingerprint density at radius 1 is 1.41 bits per heavy atom. The lowest BCUT2D eigenvalue weighted by Gasteiger charge is -2.03. The van der Waals surface area contributed by atoms with Gasteiger partial charge in [0.05, 0.1) is 16.8 Å². The maximum atomic E-state index is 4.77. The predicted molar refractivity (Wildman–Crippen MR) is 66.0 cm³/mol. The summed E-state index contributed by atoms with van der Waals surface area (Å²) in [5, 5.41) is 9.16. The van der Waals surface area contributed by atoms with Crippen molar-refractivity contribution in [2.75, 3.05) is 5.32 Å². The van der Waals surface area contributed by atoms with Gasteiger partial charge in [-0.2, -0.15) is 0 Å². The van der Waals surface area contributed by atoms with E-state index in [9.17, 15) is 0 Å². The molecule has 0 bridgehead atoms. The van der Waals surface area contributed by atoms with Crippen molar-refractivity contribution in [3.63, 3.8) is 0 Å². The van der Waals surface area contributed by atoms with E-state index >= 15 is 0 Å². The topological polar surface area (TPSA) is 63.8 Å². The number of rotatable bonds is 3. The van der Waals surface area contributed by atoms with Crippen LogP contribution in [0, 0.1) is 6.92 Å². The minimum Gasteiger partial charge on any atom is -0.364 e. The summed E-state index contributed by atoms with van der Waals surface area (Å²) in [5.41, 5.74) is 3.04. The molecule has 5 nitrogen and oxygen atoms in total. The molecule has 0 aliphatic rings. The molecule has 0 aliphatic carbocycles. The molecule has 0 unspecified atom stereocenters. The lowest BCUT2D eigenvalue weighted by molar-refractivity contribution is 0.412. The van der Waals surface area contributed by atoms with E-state index in [0.717, 1.165) is 21.7 Å². The van der Waals surface area contributed by atoms with Crippen molar-refractivity contribution in [1.29, 1.82) is 0 Å². The molecule has 0 radical (unpaired) electrons. The standard InChI is InChI=1S/C11H10N4OS/c1-7-5-17-10-9(7)13-6-14-11(10)12-4-8-2-3-16-15-8/h2-3,5-6H,4H2,1H3,(H,12,13,14). The van der Waals surface area contributed by atoms with Crippen LogP contribution in [0.15, 0.2) is 28.6 Å². The van der Waals surface area contributed by atoms with Crippen LogP contribution in [0.3, 0.4) is 0 Å². The number of aryl methyl sites for hydroxylation is 1. The summed E-state index contributed by atoms with van der Waals surface area (Å²) >= 11 is 1.65. The van der Waals surface area contributed by atoms with Crippen LogP contribution < -0.4 is 5.32 Å². The summed E-state index contributed by atoms with van der Waals surface area (Å²) in [7, 11) is 0. The fourth-order valence-corrected chi connectivity index (χ4v) is 2.57. The molecule has 1 N–H and O–H groups in total. The summed E-state index contributed by atoms with van der Waals surface area (Å²) in [4.78, 5) is 8.52. The van der Waals surface area contributed by atoms with E-state index in [-0.39, 0.29) is 0 Å². The van der Waals surface area contributed by atoms with Crippen molar-refractivity contribution in [1.82, 2.24) is 15.1 Å². The Labute approximate surface area is 101 Å². The monoisotopic (exact) mass is 246 g/mol. The zero-order valence-corrected chi connectivity index (χ0v) is 9.99. The van der Waals surface area contributed by atoms with Crippen LogP contribution in [0.25, 0.3) is 10.2 Å². The van der Waals surface area contributed by atoms with Gasteiger partial charge in [0, 0.05) is 6.07 Å². The van der Waals surface area contributed by atoms with Crippen LogP contribution in [0.5, 0.6) is 0 Å². The highest BCUT2D eigenvalue weighted by Gasteiger charge is 2.08. The number of thiophene rings is 1.